The Morgan fingerprint density at radius 1 is 1.24 bits per heavy atom. The second-order valence-corrected chi connectivity index (χ2v) is 8.10. The zero-order valence-electron chi connectivity index (χ0n) is 14.8. The zero-order valence-corrected chi connectivity index (χ0v) is 14.8. The summed E-state index contributed by atoms with van der Waals surface area (Å²) in [5.74, 6) is 0.252. The largest absolute Gasteiger partial charge is 0.507 e. The molecule has 3 aliphatic rings. The van der Waals surface area contributed by atoms with Gasteiger partial charge in [-0.2, -0.15) is 0 Å². The molecule has 0 unspecified atom stereocenters. The lowest BCUT2D eigenvalue weighted by molar-refractivity contribution is -0.139. The molecule has 2 amide bonds. The van der Waals surface area contributed by atoms with Crippen LogP contribution in [0.2, 0.25) is 0 Å². The number of phenolic OH excluding ortho intramolecular Hbond substituents is 1. The molecule has 0 aromatic heterocycles. The van der Waals surface area contributed by atoms with Gasteiger partial charge in [-0.15, -0.1) is 0 Å². The number of benzene rings is 1. The number of carbonyl (C=O) groups excluding carboxylic acids is 2. The van der Waals surface area contributed by atoms with E-state index in [1.165, 1.54) is 0 Å². The number of amides is 2. The molecule has 1 aliphatic carbocycles. The minimum atomic E-state index is -0.0913. The lowest BCUT2D eigenvalue weighted by Gasteiger charge is -2.48. The highest BCUT2D eigenvalue weighted by Gasteiger charge is 2.46. The highest BCUT2D eigenvalue weighted by Crippen LogP contribution is 2.42. The van der Waals surface area contributed by atoms with E-state index in [-0.39, 0.29) is 23.0 Å². The Hall–Kier alpha value is -2.04. The van der Waals surface area contributed by atoms with Gasteiger partial charge in [0.05, 0.1) is 5.56 Å². The highest BCUT2D eigenvalue weighted by atomic mass is 16.3. The van der Waals surface area contributed by atoms with Gasteiger partial charge < -0.3 is 14.9 Å². The molecule has 2 heterocycles. The predicted molar refractivity (Wildman–Crippen MR) is 94.4 cm³/mol. The number of hydrogen-bond acceptors (Lipinski definition) is 3. The minimum absolute atomic E-state index is 0.0325. The Bertz CT molecular complexity index is 713. The fourth-order valence-electron chi connectivity index (χ4n) is 4.47. The molecule has 1 aromatic carbocycles. The third kappa shape index (κ3) is 3.12. The number of rotatable bonds is 2. The monoisotopic (exact) mass is 342 g/mol. The molecule has 134 valence electrons. The molecule has 2 aliphatic heterocycles. The second kappa shape index (κ2) is 6.04. The summed E-state index contributed by atoms with van der Waals surface area (Å²) < 4.78 is 0. The molecule has 2 saturated heterocycles. The smallest absolute Gasteiger partial charge is 0.257 e. The van der Waals surface area contributed by atoms with E-state index < -0.39 is 0 Å². The molecule has 4 rings (SSSR count). The molecular formula is C20H26N2O3. The van der Waals surface area contributed by atoms with E-state index in [0.717, 1.165) is 50.8 Å². The molecule has 1 atom stereocenters. The van der Waals surface area contributed by atoms with Crippen molar-refractivity contribution in [1.29, 1.82) is 0 Å². The number of hydrogen-bond donors (Lipinski definition) is 1. The van der Waals surface area contributed by atoms with Gasteiger partial charge in [-0.3, -0.25) is 9.59 Å². The van der Waals surface area contributed by atoms with Crippen LogP contribution in [0.1, 0.15) is 54.4 Å². The van der Waals surface area contributed by atoms with Crippen molar-refractivity contribution in [1.82, 2.24) is 9.80 Å². The molecule has 5 nitrogen and oxygen atoms in total. The van der Waals surface area contributed by atoms with Crippen LogP contribution in [0.3, 0.4) is 0 Å². The van der Waals surface area contributed by atoms with E-state index in [9.17, 15) is 14.7 Å². The quantitative estimate of drug-likeness (QED) is 0.899. The molecule has 1 aromatic rings. The third-order valence-electron chi connectivity index (χ3n) is 6.02. The fraction of sp³-hybridized carbons (Fsp3) is 0.600. The lowest BCUT2D eigenvalue weighted by Crippen LogP contribution is -2.55. The maximum Gasteiger partial charge on any atom is 0.257 e. The van der Waals surface area contributed by atoms with Crippen molar-refractivity contribution in [2.75, 3.05) is 19.6 Å². The SMILES string of the molecule is Cc1ccc(C(=O)N2CCC[C@]3(CCC(=O)N(C4CC4)C3)C2)c(O)c1. The Labute approximate surface area is 148 Å². The molecular weight excluding hydrogens is 316 g/mol. The van der Waals surface area contributed by atoms with Crippen LogP contribution in [-0.4, -0.2) is 52.4 Å². The van der Waals surface area contributed by atoms with E-state index in [2.05, 4.69) is 4.90 Å². The molecule has 1 N–H and O–H groups in total. The van der Waals surface area contributed by atoms with Gasteiger partial charge in [-0.05, 0) is 56.7 Å². The first-order valence-electron chi connectivity index (χ1n) is 9.36. The van der Waals surface area contributed by atoms with Gasteiger partial charge in [-0.1, -0.05) is 6.07 Å². The Morgan fingerprint density at radius 3 is 2.76 bits per heavy atom. The number of piperidine rings is 2. The van der Waals surface area contributed by atoms with Crippen LogP contribution in [0.15, 0.2) is 18.2 Å². The van der Waals surface area contributed by atoms with Gasteiger partial charge in [-0.25, -0.2) is 0 Å². The summed E-state index contributed by atoms with van der Waals surface area (Å²) in [4.78, 5) is 29.1. The van der Waals surface area contributed by atoms with Crippen LogP contribution in [0.25, 0.3) is 0 Å². The van der Waals surface area contributed by atoms with Gasteiger partial charge in [0.2, 0.25) is 5.91 Å². The van der Waals surface area contributed by atoms with Crippen molar-refractivity contribution in [3.8, 4) is 5.75 Å². The number of aromatic hydroxyl groups is 1. The maximum absolute atomic E-state index is 12.9. The summed E-state index contributed by atoms with van der Waals surface area (Å²) in [7, 11) is 0. The first-order chi connectivity index (χ1) is 12.0. The minimum Gasteiger partial charge on any atom is -0.507 e. The highest BCUT2D eigenvalue weighted by molar-refractivity contribution is 5.97. The fourth-order valence-corrected chi connectivity index (χ4v) is 4.47. The van der Waals surface area contributed by atoms with Gasteiger partial charge in [0.25, 0.3) is 5.91 Å². The van der Waals surface area contributed by atoms with E-state index in [1.54, 1.807) is 12.1 Å². The molecule has 3 fully saturated rings. The third-order valence-corrected chi connectivity index (χ3v) is 6.02. The number of nitrogens with zero attached hydrogens (tertiary/aromatic N) is 2. The molecule has 0 radical (unpaired) electrons. The van der Waals surface area contributed by atoms with Crippen molar-refractivity contribution < 1.29 is 14.7 Å². The number of likely N-dealkylation sites (tertiary alicyclic amines) is 2. The molecule has 0 bridgehead atoms. The van der Waals surface area contributed by atoms with Crippen molar-refractivity contribution in [3.05, 3.63) is 29.3 Å². The van der Waals surface area contributed by atoms with Crippen molar-refractivity contribution in [2.45, 2.75) is 51.5 Å². The van der Waals surface area contributed by atoms with Gasteiger partial charge in [0.1, 0.15) is 5.75 Å². The van der Waals surface area contributed by atoms with Gasteiger partial charge in [0.15, 0.2) is 0 Å². The van der Waals surface area contributed by atoms with E-state index in [4.69, 9.17) is 0 Å². The Kier molecular flexibility index (Phi) is 3.97. The van der Waals surface area contributed by atoms with Crippen LogP contribution in [0, 0.1) is 12.3 Å². The first kappa shape index (κ1) is 16.4. The number of aryl methyl sites for hydroxylation is 1. The van der Waals surface area contributed by atoms with Crippen molar-refractivity contribution in [3.63, 3.8) is 0 Å². The zero-order chi connectivity index (χ0) is 17.6. The van der Waals surface area contributed by atoms with Gasteiger partial charge in [0, 0.05) is 37.5 Å². The molecule has 25 heavy (non-hydrogen) atoms. The van der Waals surface area contributed by atoms with Crippen molar-refractivity contribution in [2.24, 2.45) is 5.41 Å². The standard InChI is InChI=1S/C20H26N2O3/c1-14-3-6-16(17(23)11-14)19(25)21-10-2-8-20(12-21)9-7-18(24)22(13-20)15-4-5-15/h3,6,11,15,23H,2,4-5,7-10,12-13H2,1H3/t20-/m0/s1. The predicted octanol–water partition coefficient (Wildman–Crippen LogP) is 2.71. The Balaban J connectivity index is 1.52. The average molecular weight is 342 g/mol. The van der Waals surface area contributed by atoms with Crippen LogP contribution in [0.4, 0.5) is 0 Å². The molecule has 1 spiro atoms. The maximum atomic E-state index is 12.9. The summed E-state index contributed by atoms with van der Waals surface area (Å²) >= 11 is 0. The van der Waals surface area contributed by atoms with Crippen LogP contribution >= 0.6 is 0 Å². The number of phenols is 1. The average Bonchev–Trinajstić information content (AvgIpc) is 3.42. The summed E-state index contributed by atoms with van der Waals surface area (Å²) in [5, 5.41) is 10.2. The number of carbonyl (C=O) groups is 2. The van der Waals surface area contributed by atoms with Crippen LogP contribution in [-0.2, 0) is 4.79 Å². The van der Waals surface area contributed by atoms with Crippen LogP contribution in [0.5, 0.6) is 5.75 Å². The summed E-state index contributed by atoms with van der Waals surface area (Å²) in [5.41, 5.74) is 1.36. The summed E-state index contributed by atoms with van der Waals surface area (Å²) in [6.45, 7) is 4.11. The molecule has 5 heteroatoms. The topological polar surface area (TPSA) is 60.9 Å². The molecule has 1 saturated carbocycles. The van der Waals surface area contributed by atoms with Gasteiger partial charge >= 0.3 is 0 Å². The summed E-state index contributed by atoms with van der Waals surface area (Å²) in [6, 6.07) is 5.66. The summed E-state index contributed by atoms with van der Waals surface area (Å²) in [6.07, 6.45) is 5.77. The normalized spacial score (nSPS) is 27.0. The lowest BCUT2D eigenvalue weighted by atomic mass is 9.73. The van der Waals surface area contributed by atoms with E-state index >= 15 is 0 Å². The second-order valence-electron chi connectivity index (χ2n) is 8.10. The van der Waals surface area contributed by atoms with E-state index in [0.29, 0.717) is 24.6 Å². The van der Waals surface area contributed by atoms with E-state index in [1.807, 2.05) is 17.9 Å². The Morgan fingerprint density at radius 2 is 2.04 bits per heavy atom. The van der Waals surface area contributed by atoms with Crippen LogP contribution < -0.4 is 0 Å². The first-order valence-corrected chi connectivity index (χ1v) is 9.36. The van der Waals surface area contributed by atoms with Crippen molar-refractivity contribution >= 4 is 11.8 Å².